The lowest BCUT2D eigenvalue weighted by molar-refractivity contribution is -0.140. The summed E-state index contributed by atoms with van der Waals surface area (Å²) in [6.45, 7) is 2.89. The van der Waals surface area contributed by atoms with Gasteiger partial charge in [-0.25, -0.2) is 0 Å². The summed E-state index contributed by atoms with van der Waals surface area (Å²) in [6.07, 6.45) is 0.714. The van der Waals surface area contributed by atoms with Crippen molar-refractivity contribution in [2.75, 3.05) is 6.54 Å². The van der Waals surface area contributed by atoms with Crippen LogP contribution in [0.1, 0.15) is 18.2 Å². The van der Waals surface area contributed by atoms with Gasteiger partial charge in [0.2, 0.25) is 11.8 Å². The molecular formula is C11H13BrN2O2S. The van der Waals surface area contributed by atoms with Crippen molar-refractivity contribution < 1.29 is 9.59 Å². The van der Waals surface area contributed by atoms with E-state index in [-0.39, 0.29) is 17.9 Å². The summed E-state index contributed by atoms with van der Waals surface area (Å²) in [6, 6.07) is 3.79. The standard InChI is InChI=1S/C11H13BrN2O2S/c1-2-8-11(16)13-10(15)6-14(8)5-7-3-4-9(12)17-7/h3-4,8H,2,5-6H2,1H3,(H,13,15,16). The van der Waals surface area contributed by atoms with Crippen LogP contribution in [0.15, 0.2) is 15.9 Å². The number of carbonyl (C=O) groups excluding carboxylic acids is 2. The van der Waals surface area contributed by atoms with Gasteiger partial charge in [0, 0.05) is 11.4 Å². The maximum Gasteiger partial charge on any atom is 0.243 e. The Balaban J connectivity index is 2.11. The third-order valence-electron chi connectivity index (χ3n) is 2.73. The van der Waals surface area contributed by atoms with Gasteiger partial charge in [-0.1, -0.05) is 6.92 Å². The van der Waals surface area contributed by atoms with Gasteiger partial charge in [0.25, 0.3) is 0 Å². The zero-order valence-electron chi connectivity index (χ0n) is 9.40. The molecule has 4 nitrogen and oxygen atoms in total. The second kappa shape index (κ2) is 5.29. The number of thiophene rings is 1. The lowest BCUT2D eigenvalue weighted by atomic mass is 10.1. The van der Waals surface area contributed by atoms with E-state index >= 15 is 0 Å². The Hall–Kier alpha value is -0.720. The van der Waals surface area contributed by atoms with Crippen LogP contribution in [0.5, 0.6) is 0 Å². The first kappa shape index (κ1) is 12.7. The number of halogens is 1. The van der Waals surface area contributed by atoms with E-state index in [1.165, 1.54) is 0 Å². The van der Waals surface area contributed by atoms with E-state index in [9.17, 15) is 9.59 Å². The molecule has 1 aliphatic rings. The molecule has 1 atom stereocenters. The largest absolute Gasteiger partial charge is 0.294 e. The first-order valence-electron chi connectivity index (χ1n) is 5.42. The van der Waals surface area contributed by atoms with Gasteiger partial charge in [0.1, 0.15) is 0 Å². The minimum absolute atomic E-state index is 0.181. The van der Waals surface area contributed by atoms with Crippen molar-refractivity contribution in [1.29, 1.82) is 0 Å². The van der Waals surface area contributed by atoms with Crippen molar-refractivity contribution in [1.82, 2.24) is 10.2 Å². The van der Waals surface area contributed by atoms with Crippen molar-refractivity contribution in [2.24, 2.45) is 0 Å². The van der Waals surface area contributed by atoms with Gasteiger partial charge in [0.05, 0.1) is 16.4 Å². The summed E-state index contributed by atoms with van der Waals surface area (Å²) in [4.78, 5) is 26.1. The number of imide groups is 1. The summed E-state index contributed by atoms with van der Waals surface area (Å²) in [5.41, 5.74) is 0. The molecule has 92 valence electrons. The molecule has 6 heteroatoms. The second-order valence-corrected chi connectivity index (χ2v) is 6.49. The molecule has 1 unspecified atom stereocenters. The van der Waals surface area contributed by atoms with Crippen molar-refractivity contribution >= 4 is 39.1 Å². The fourth-order valence-electron chi connectivity index (χ4n) is 1.97. The predicted octanol–water partition coefficient (Wildman–Crippen LogP) is 1.75. The Bertz CT molecular complexity index is 446. The molecule has 0 aliphatic carbocycles. The van der Waals surface area contributed by atoms with Crippen LogP contribution in [0.25, 0.3) is 0 Å². The van der Waals surface area contributed by atoms with Crippen LogP contribution in [0.4, 0.5) is 0 Å². The van der Waals surface area contributed by atoms with Crippen molar-refractivity contribution in [3.05, 3.63) is 20.8 Å². The fourth-order valence-corrected chi connectivity index (χ4v) is 3.48. The molecule has 0 radical (unpaired) electrons. The van der Waals surface area contributed by atoms with Crippen LogP contribution in [0.3, 0.4) is 0 Å². The summed E-state index contributed by atoms with van der Waals surface area (Å²) >= 11 is 5.04. The normalized spacial score (nSPS) is 21.6. The molecule has 1 fully saturated rings. The summed E-state index contributed by atoms with van der Waals surface area (Å²) in [5, 5.41) is 2.38. The number of nitrogens with zero attached hydrogens (tertiary/aromatic N) is 1. The molecule has 1 aromatic rings. The highest BCUT2D eigenvalue weighted by atomic mass is 79.9. The highest BCUT2D eigenvalue weighted by Gasteiger charge is 2.32. The minimum atomic E-state index is -0.213. The van der Waals surface area contributed by atoms with Crippen LogP contribution in [0, 0.1) is 0 Å². The molecule has 1 aliphatic heterocycles. The SMILES string of the molecule is CCC1C(=O)NC(=O)CN1Cc1ccc(Br)s1. The Kier molecular flexibility index (Phi) is 3.96. The average molecular weight is 317 g/mol. The van der Waals surface area contributed by atoms with E-state index in [1.54, 1.807) is 11.3 Å². The molecular weight excluding hydrogens is 304 g/mol. The van der Waals surface area contributed by atoms with E-state index in [0.29, 0.717) is 19.5 Å². The van der Waals surface area contributed by atoms with Gasteiger partial charge in [-0.3, -0.25) is 19.8 Å². The molecule has 2 amide bonds. The van der Waals surface area contributed by atoms with Gasteiger partial charge in [-0.2, -0.15) is 0 Å². The van der Waals surface area contributed by atoms with Crippen molar-refractivity contribution in [2.45, 2.75) is 25.9 Å². The molecule has 2 rings (SSSR count). The lowest BCUT2D eigenvalue weighted by Crippen LogP contribution is -2.57. The monoisotopic (exact) mass is 316 g/mol. The van der Waals surface area contributed by atoms with Gasteiger partial charge < -0.3 is 0 Å². The maximum absolute atomic E-state index is 11.7. The zero-order valence-corrected chi connectivity index (χ0v) is 11.8. The number of hydrogen-bond donors (Lipinski definition) is 1. The molecule has 1 saturated heterocycles. The summed E-state index contributed by atoms with van der Waals surface area (Å²) in [7, 11) is 0. The topological polar surface area (TPSA) is 49.4 Å². The molecule has 2 heterocycles. The molecule has 1 N–H and O–H groups in total. The first-order valence-corrected chi connectivity index (χ1v) is 7.03. The Morgan fingerprint density at radius 2 is 2.29 bits per heavy atom. The fraction of sp³-hybridized carbons (Fsp3) is 0.455. The highest BCUT2D eigenvalue weighted by molar-refractivity contribution is 9.11. The van der Waals surface area contributed by atoms with Gasteiger partial charge >= 0.3 is 0 Å². The first-order chi connectivity index (χ1) is 8.10. The van der Waals surface area contributed by atoms with Crippen LogP contribution in [-0.4, -0.2) is 29.3 Å². The summed E-state index contributed by atoms with van der Waals surface area (Å²) in [5.74, 6) is -0.394. The van der Waals surface area contributed by atoms with Gasteiger partial charge in [0.15, 0.2) is 0 Å². The predicted molar refractivity (Wildman–Crippen MR) is 69.7 cm³/mol. The molecule has 0 aromatic carbocycles. The van der Waals surface area contributed by atoms with Crippen LogP contribution < -0.4 is 5.32 Å². The summed E-state index contributed by atoms with van der Waals surface area (Å²) < 4.78 is 1.06. The highest BCUT2D eigenvalue weighted by Crippen LogP contribution is 2.24. The zero-order chi connectivity index (χ0) is 12.4. The van der Waals surface area contributed by atoms with E-state index < -0.39 is 0 Å². The second-order valence-electron chi connectivity index (χ2n) is 3.95. The third-order valence-corrected chi connectivity index (χ3v) is 4.34. The van der Waals surface area contributed by atoms with Crippen LogP contribution in [0.2, 0.25) is 0 Å². The Labute approximate surface area is 112 Å². The van der Waals surface area contributed by atoms with Crippen molar-refractivity contribution in [3.8, 4) is 0 Å². The number of hydrogen-bond acceptors (Lipinski definition) is 4. The molecule has 0 spiro atoms. The Morgan fingerprint density at radius 1 is 1.53 bits per heavy atom. The number of piperazine rings is 1. The van der Waals surface area contributed by atoms with E-state index in [4.69, 9.17) is 0 Å². The molecule has 0 bridgehead atoms. The number of carbonyl (C=O) groups is 2. The molecule has 17 heavy (non-hydrogen) atoms. The molecule has 0 saturated carbocycles. The smallest absolute Gasteiger partial charge is 0.243 e. The quantitative estimate of drug-likeness (QED) is 0.864. The van der Waals surface area contributed by atoms with Gasteiger partial charge in [-0.15, -0.1) is 11.3 Å². The minimum Gasteiger partial charge on any atom is -0.294 e. The number of nitrogens with one attached hydrogen (secondary N) is 1. The van der Waals surface area contributed by atoms with Crippen LogP contribution in [-0.2, 0) is 16.1 Å². The number of rotatable bonds is 3. The van der Waals surface area contributed by atoms with E-state index in [1.807, 2.05) is 24.0 Å². The molecule has 1 aromatic heterocycles. The Morgan fingerprint density at radius 3 is 2.88 bits per heavy atom. The van der Waals surface area contributed by atoms with E-state index in [2.05, 4.69) is 21.2 Å². The number of amides is 2. The van der Waals surface area contributed by atoms with Gasteiger partial charge in [-0.05, 0) is 34.5 Å². The lowest BCUT2D eigenvalue weighted by Gasteiger charge is -2.32. The van der Waals surface area contributed by atoms with Crippen LogP contribution >= 0.6 is 27.3 Å². The average Bonchev–Trinajstić information content (AvgIpc) is 2.63. The van der Waals surface area contributed by atoms with E-state index in [0.717, 1.165) is 8.66 Å². The third kappa shape index (κ3) is 2.94. The van der Waals surface area contributed by atoms with Crippen molar-refractivity contribution in [3.63, 3.8) is 0 Å². The maximum atomic E-state index is 11.7.